The van der Waals surface area contributed by atoms with E-state index in [0.29, 0.717) is 11.3 Å². The van der Waals surface area contributed by atoms with Gasteiger partial charge in [-0.2, -0.15) is 5.26 Å². The molecule has 24 heavy (non-hydrogen) atoms. The van der Waals surface area contributed by atoms with Crippen molar-refractivity contribution in [3.8, 4) is 11.8 Å². The second-order valence-corrected chi connectivity index (χ2v) is 5.58. The fraction of sp³-hybridized carbons (Fsp3) is 0.375. The number of hydrogen-bond acceptors (Lipinski definition) is 6. The zero-order valence-corrected chi connectivity index (χ0v) is 12.9. The maximum Gasteiger partial charge on any atom is 0.327 e. The Morgan fingerprint density at radius 1 is 1.50 bits per heavy atom. The minimum atomic E-state index is -1.23. The molecule has 8 heteroatoms. The van der Waals surface area contributed by atoms with Crippen molar-refractivity contribution in [3.05, 3.63) is 29.8 Å². The SMILES string of the molecule is C[C@H](C#N)OC(=O)CN1C(=O)N[C@@]2(CCOc3ccccc32)C1=O. The monoisotopic (exact) mass is 329 g/mol. The molecule has 1 spiro atoms. The molecule has 8 nitrogen and oxygen atoms in total. The molecule has 1 N–H and O–H groups in total. The predicted molar refractivity (Wildman–Crippen MR) is 79.6 cm³/mol. The van der Waals surface area contributed by atoms with Crippen LogP contribution >= 0.6 is 0 Å². The van der Waals surface area contributed by atoms with Crippen LogP contribution in [0.3, 0.4) is 0 Å². The number of nitrogens with one attached hydrogen (secondary N) is 1. The van der Waals surface area contributed by atoms with Gasteiger partial charge in [0.05, 0.1) is 6.61 Å². The standard InChI is InChI=1S/C16H15N3O5/c1-10(8-17)24-13(20)9-19-14(21)16(18-15(19)22)6-7-23-12-5-3-2-4-11(12)16/h2-5,10H,6-7,9H2,1H3,(H,18,22)/t10-,16-/m1/s1. The minimum Gasteiger partial charge on any atom is -0.493 e. The highest BCUT2D eigenvalue weighted by molar-refractivity contribution is 6.09. The van der Waals surface area contributed by atoms with Gasteiger partial charge in [-0.25, -0.2) is 4.79 Å². The Kier molecular flexibility index (Phi) is 3.85. The smallest absolute Gasteiger partial charge is 0.327 e. The van der Waals surface area contributed by atoms with Gasteiger partial charge in [0, 0.05) is 12.0 Å². The van der Waals surface area contributed by atoms with E-state index >= 15 is 0 Å². The quantitative estimate of drug-likeness (QED) is 0.645. The second-order valence-electron chi connectivity index (χ2n) is 5.58. The number of esters is 1. The van der Waals surface area contributed by atoms with E-state index in [2.05, 4.69) is 5.32 Å². The number of amides is 3. The van der Waals surface area contributed by atoms with Gasteiger partial charge in [0.25, 0.3) is 5.91 Å². The number of fused-ring (bicyclic) bond motifs is 2. The van der Waals surface area contributed by atoms with E-state index in [9.17, 15) is 14.4 Å². The molecule has 124 valence electrons. The number of ether oxygens (including phenoxy) is 2. The van der Waals surface area contributed by atoms with Gasteiger partial charge in [-0.15, -0.1) is 0 Å². The average molecular weight is 329 g/mol. The third-order valence-electron chi connectivity index (χ3n) is 4.03. The highest BCUT2D eigenvalue weighted by Crippen LogP contribution is 2.40. The summed E-state index contributed by atoms with van der Waals surface area (Å²) in [6.45, 7) is 1.13. The maximum absolute atomic E-state index is 12.9. The summed E-state index contributed by atoms with van der Waals surface area (Å²) in [6, 6.07) is 8.04. The Hall–Kier alpha value is -3.08. The predicted octanol–water partition coefficient (Wildman–Crippen LogP) is 0.671. The Labute approximate surface area is 137 Å². The van der Waals surface area contributed by atoms with E-state index in [0.717, 1.165) is 4.90 Å². The van der Waals surface area contributed by atoms with Gasteiger partial charge in [-0.3, -0.25) is 14.5 Å². The van der Waals surface area contributed by atoms with Crippen molar-refractivity contribution in [1.82, 2.24) is 10.2 Å². The van der Waals surface area contributed by atoms with Crippen molar-refractivity contribution < 1.29 is 23.9 Å². The normalized spacial score (nSPS) is 23.1. The third-order valence-corrected chi connectivity index (χ3v) is 4.03. The first-order chi connectivity index (χ1) is 11.5. The van der Waals surface area contributed by atoms with Gasteiger partial charge in [-0.05, 0) is 13.0 Å². The molecule has 2 aliphatic rings. The number of para-hydroxylation sites is 1. The summed E-state index contributed by atoms with van der Waals surface area (Å²) in [6.07, 6.45) is -0.676. The van der Waals surface area contributed by atoms with E-state index in [1.807, 2.05) is 0 Å². The van der Waals surface area contributed by atoms with Crippen LogP contribution in [0, 0.1) is 11.3 Å². The molecule has 0 aliphatic carbocycles. The second kappa shape index (κ2) is 5.85. The summed E-state index contributed by atoms with van der Waals surface area (Å²) in [5, 5.41) is 11.3. The molecule has 3 rings (SSSR count). The molecule has 0 aromatic heterocycles. The number of rotatable bonds is 3. The number of nitriles is 1. The van der Waals surface area contributed by atoms with Crippen LogP contribution in [0.25, 0.3) is 0 Å². The summed E-state index contributed by atoms with van der Waals surface area (Å²) in [4.78, 5) is 37.7. The number of imide groups is 1. The molecular weight excluding hydrogens is 314 g/mol. The Bertz CT molecular complexity index is 756. The first-order valence-electron chi connectivity index (χ1n) is 7.43. The topological polar surface area (TPSA) is 109 Å². The van der Waals surface area contributed by atoms with Crippen molar-refractivity contribution in [3.63, 3.8) is 0 Å². The van der Waals surface area contributed by atoms with Crippen LogP contribution < -0.4 is 10.1 Å². The molecule has 1 saturated heterocycles. The zero-order chi connectivity index (χ0) is 17.3. The van der Waals surface area contributed by atoms with Crippen molar-refractivity contribution >= 4 is 17.9 Å². The number of carbonyl (C=O) groups is 3. The summed E-state index contributed by atoms with van der Waals surface area (Å²) in [5.41, 5.74) is -0.664. The summed E-state index contributed by atoms with van der Waals surface area (Å²) in [7, 11) is 0. The van der Waals surface area contributed by atoms with Crippen molar-refractivity contribution in [2.24, 2.45) is 0 Å². The lowest BCUT2D eigenvalue weighted by molar-refractivity contribution is -0.149. The number of carbonyl (C=O) groups excluding carboxylic acids is 3. The van der Waals surface area contributed by atoms with Gasteiger partial charge < -0.3 is 14.8 Å². The third kappa shape index (κ3) is 2.44. The molecule has 3 amide bonds. The van der Waals surface area contributed by atoms with Crippen molar-refractivity contribution in [2.75, 3.05) is 13.2 Å². The van der Waals surface area contributed by atoms with Crippen molar-refractivity contribution in [2.45, 2.75) is 25.0 Å². The highest BCUT2D eigenvalue weighted by Gasteiger charge is 2.55. The van der Waals surface area contributed by atoms with E-state index in [-0.39, 0.29) is 13.0 Å². The fourth-order valence-electron chi connectivity index (χ4n) is 2.91. The van der Waals surface area contributed by atoms with Crippen LogP contribution in [0.5, 0.6) is 5.75 Å². The summed E-state index contributed by atoms with van der Waals surface area (Å²) >= 11 is 0. The Balaban J connectivity index is 1.85. The molecule has 2 aliphatic heterocycles. The minimum absolute atomic E-state index is 0.271. The maximum atomic E-state index is 12.9. The molecule has 1 fully saturated rings. The van der Waals surface area contributed by atoms with Crippen LogP contribution in [-0.4, -0.2) is 42.1 Å². The lowest BCUT2D eigenvalue weighted by Crippen LogP contribution is -2.47. The zero-order valence-electron chi connectivity index (χ0n) is 12.9. The first-order valence-corrected chi connectivity index (χ1v) is 7.43. The van der Waals surface area contributed by atoms with Crippen LogP contribution in [0.4, 0.5) is 4.79 Å². The van der Waals surface area contributed by atoms with E-state index in [1.54, 1.807) is 30.3 Å². The number of nitrogens with zero attached hydrogens (tertiary/aromatic N) is 2. The molecule has 0 saturated carbocycles. The van der Waals surface area contributed by atoms with E-state index in [1.165, 1.54) is 6.92 Å². The molecule has 1 aromatic rings. The van der Waals surface area contributed by atoms with Gasteiger partial charge in [0.2, 0.25) is 0 Å². The summed E-state index contributed by atoms with van der Waals surface area (Å²) < 4.78 is 10.3. The van der Waals surface area contributed by atoms with Gasteiger partial charge >= 0.3 is 12.0 Å². The van der Waals surface area contributed by atoms with Gasteiger partial charge in [-0.1, -0.05) is 18.2 Å². The van der Waals surface area contributed by atoms with Crippen molar-refractivity contribution in [1.29, 1.82) is 5.26 Å². The van der Waals surface area contributed by atoms with E-state index < -0.39 is 36.1 Å². The van der Waals surface area contributed by atoms with Crippen LogP contribution in [0.1, 0.15) is 18.9 Å². The Morgan fingerprint density at radius 2 is 2.25 bits per heavy atom. The molecule has 0 bridgehead atoms. The molecular formula is C16H15N3O5. The highest BCUT2D eigenvalue weighted by atomic mass is 16.5. The van der Waals surface area contributed by atoms with Gasteiger partial charge in [0.15, 0.2) is 11.6 Å². The number of hydrogen-bond donors (Lipinski definition) is 1. The largest absolute Gasteiger partial charge is 0.493 e. The first kappa shape index (κ1) is 15.8. The molecule has 2 atom stereocenters. The number of urea groups is 1. The Morgan fingerprint density at radius 3 is 3.00 bits per heavy atom. The lowest BCUT2D eigenvalue weighted by atomic mass is 9.84. The molecule has 1 aromatic carbocycles. The molecule has 0 radical (unpaired) electrons. The van der Waals surface area contributed by atoms with Crippen LogP contribution in [-0.2, 0) is 19.9 Å². The molecule has 2 heterocycles. The van der Waals surface area contributed by atoms with E-state index in [4.69, 9.17) is 14.7 Å². The summed E-state index contributed by atoms with van der Waals surface area (Å²) in [5.74, 6) is -0.810. The van der Waals surface area contributed by atoms with Gasteiger partial charge in [0.1, 0.15) is 18.4 Å². The lowest BCUT2D eigenvalue weighted by Gasteiger charge is -2.33. The molecule has 0 unspecified atom stereocenters. The fourth-order valence-corrected chi connectivity index (χ4v) is 2.91. The van der Waals surface area contributed by atoms with Crippen LogP contribution in [0.2, 0.25) is 0 Å². The van der Waals surface area contributed by atoms with Crippen LogP contribution in [0.15, 0.2) is 24.3 Å². The number of benzene rings is 1. The average Bonchev–Trinajstić information content (AvgIpc) is 2.80.